The molecule has 2 aromatic rings. The van der Waals surface area contributed by atoms with Crippen LogP contribution in [0.4, 0.5) is 8.78 Å². The van der Waals surface area contributed by atoms with Crippen molar-refractivity contribution in [2.45, 2.75) is 62.6 Å². The summed E-state index contributed by atoms with van der Waals surface area (Å²) in [5.41, 5.74) is 1.18. The molecule has 1 saturated carbocycles. The Balaban J connectivity index is 1.32. The van der Waals surface area contributed by atoms with Gasteiger partial charge in [-0.2, -0.15) is 0 Å². The number of halogens is 2. The largest absolute Gasteiger partial charge is 0.496 e. The molecule has 0 unspecified atom stereocenters. The standard InChI is InChI=1S/C29H32F2N4O6/c1-40-23-4-2-3-21-19(23)13-22(34-21)27(38)35-18-5-6-20(29(30,31)14-18)24(35)26(37)33-17(11-15-7-9-32-25(15)36)12-16-8-10-41-28(16)39/h2-4,12-13,15,17-18,20,24,34H,5-11,14H2,1H3,(H,32,36)(H,33,37)/b16-12-/t15-,17-,18+,20+,24-/m0/s1. The number of hydrogen-bond acceptors (Lipinski definition) is 6. The van der Waals surface area contributed by atoms with Gasteiger partial charge in [0, 0.05) is 53.9 Å². The molecule has 5 atom stereocenters. The smallest absolute Gasteiger partial charge is 0.333 e. The summed E-state index contributed by atoms with van der Waals surface area (Å²) in [4.78, 5) is 56.6. The normalized spacial score (nSPS) is 28.6. The molecule has 4 aliphatic heterocycles. The average Bonchev–Trinajstić information content (AvgIpc) is 3.67. The zero-order valence-corrected chi connectivity index (χ0v) is 22.6. The molecule has 7 rings (SSSR count). The second-order valence-electron chi connectivity index (χ2n) is 11.3. The number of nitrogens with one attached hydrogen (secondary N) is 3. The molecule has 5 heterocycles. The van der Waals surface area contributed by atoms with E-state index in [1.165, 1.54) is 12.0 Å². The number of H-pyrrole nitrogens is 1. The molecular weight excluding hydrogens is 538 g/mol. The maximum Gasteiger partial charge on any atom is 0.333 e. The number of piperidine rings is 2. The number of aromatic amines is 1. The number of benzene rings is 1. The monoisotopic (exact) mass is 570 g/mol. The first-order chi connectivity index (χ1) is 19.7. The topological polar surface area (TPSA) is 130 Å². The maximum atomic E-state index is 15.2. The van der Waals surface area contributed by atoms with Crippen LogP contribution >= 0.6 is 0 Å². The first kappa shape index (κ1) is 27.2. The lowest BCUT2D eigenvalue weighted by atomic mass is 9.71. The SMILES string of the molecule is COc1cccc2[nH]c(C(=O)N3[C@@H]4CC[C@H]([C@H]3C(=O)N[C@H](/C=C3/CCOC3=O)C[C@@H]3CCNC3=O)C(F)(F)C4)cc12. The molecule has 3 amide bonds. The molecule has 2 bridgehead atoms. The summed E-state index contributed by atoms with van der Waals surface area (Å²) < 4.78 is 40.9. The summed E-state index contributed by atoms with van der Waals surface area (Å²) in [5.74, 6) is -6.28. The van der Waals surface area contributed by atoms with E-state index in [1.54, 1.807) is 30.3 Å². The van der Waals surface area contributed by atoms with Crippen LogP contribution in [0.25, 0.3) is 10.9 Å². The Morgan fingerprint density at radius 1 is 1.27 bits per heavy atom. The van der Waals surface area contributed by atoms with Crippen molar-refractivity contribution in [2.24, 2.45) is 11.8 Å². The third-order valence-corrected chi connectivity index (χ3v) is 8.81. The number of cyclic esters (lactones) is 1. The number of methoxy groups -OCH3 is 1. The van der Waals surface area contributed by atoms with Crippen molar-refractivity contribution < 1.29 is 37.4 Å². The van der Waals surface area contributed by atoms with Crippen LogP contribution in [0.1, 0.15) is 49.0 Å². The van der Waals surface area contributed by atoms with E-state index >= 15 is 8.78 Å². The molecule has 1 aromatic heterocycles. The average molecular weight is 571 g/mol. The number of rotatable bonds is 7. The summed E-state index contributed by atoms with van der Waals surface area (Å²) in [7, 11) is 1.52. The van der Waals surface area contributed by atoms with E-state index in [2.05, 4.69) is 15.6 Å². The Labute approximate surface area is 234 Å². The molecule has 0 spiro atoms. The Hall–Kier alpha value is -3.96. The number of esters is 1. The Kier molecular flexibility index (Phi) is 6.95. The zero-order valence-electron chi connectivity index (χ0n) is 22.6. The van der Waals surface area contributed by atoms with Crippen molar-refractivity contribution in [3.05, 3.63) is 41.6 Å². The molecule has 4 saturated heterocycles. The van der Waals surface area contributed by atoms with Gasteiger partial charge in [0.2, 0.25) is 11.8 Å². The highest BCUT2D eigenvalue weighted by atomic mass is 19.3. The fourth-order valence-electron chi connectivity index (χ4n) is 6.81. The second-order valence-corrected chi connectivity index (χ2v) is 11.3. The Bertz CT molecular complexity index is 1440. The van der Waals surface area contributed by atoms with Gasteiger partial charge in [0.15, 0.2) is 0 Å². The lowest BCUT2D eigenvalue weighted by Crippen LogP contribution is -2.68. The number of aromatic nitrogens is 1. The number of carbonyl (C=O) groups excluding carboxylic acids is 4. The van der Waals surface area contributed by atoms with Gasteiger partial charge in [0.05, 0.1) is 19.6 Å². The minimum atomic E-state index is -3.13. The van der Waals surface area contributed by atoms with Gasteiger partial charge in [-0.05, 0) is 43.9 Å². The number of carbonyl (C=O) groups is 4. The number of ether oxygens (including phenoxy) is 2. The number of amides is 3. The van der Waals surface area contributed by atoms with E-state index in [0.717, 1.165) is 0 Å². The highest BCUT2D eigenvalue weighted by molar-refractivity contribution is 6.02. The highest BCUT2D eigenvalue weighted by Gasteiger charge is 2.60. The minimum absolute atomic E-state index is 0.100. The maximum absolute atomic E-state index is 15.2. The van der Waals surface area contributed by atoms with Crippen molar-refractivity contribution in [3.63, 3.8) is 0 Å². The van der Waals surface area contributed by atoms with Crippen LogP contribution in [0.5, 0.6) is 5.75 Å². The Morgan fingerprint density at radius 2 is 2.10 bits per heavy atom. The third kappa shape index (κ3) is 4.93. The number of fused-ring (bicyclic) bond motifs is 4. The summed E-state index contributed by atoms with van der Waals surface area (Å²) in [6.45, 7) is 0.713. The first-order valence-electron chi connectivity index (χ1n) is 14.0. The predicted molar refractivity (Wildman–Crippen MR) is 142 cm³/mol. The van der Waals surface area contributed by atoms with E-state index in [9.17, 15) is 19.2 Å². The molecule has 218 valence electrons. The van der Waals surface area contributed by atoms with Crippen LogP contribution in [-0.2, 0) is 19.1 Å². The van der Waals surface area contributed by atoms with E-state index in [1.807, 2.05) is 0 Å². The van der Waals surface area contributed by atoms with Crippen LogP contribution in [0, 0.1) is 11.8 Å². The van der Waals surface area contributed by atoms with E-state index in [-0.39, 0.29) is 31.0 Å². The van der Waals surface area contributed by atoms with Gasteiger partial charge in [-0.1, -0.05) is 12.1 Å². The van der Waals surface area contributed by atoms with Crippen molar-refractivity contribution >= 4 is 34.6 Å². The molecule has 5 aliphatic rings. The molecule has 10 nitrogen and oxygen atoms in total. The molecule has 0 radical (unpaired) electrons. The van der Waals surface area contributed by atoms with E-state index in [0.29, 0.717) is 48.0 Å². The minimum Gasteiger partial charge on any atom is -0.496 e. The summed E-state index contributed by atoms with van der Waals surface area (Å²) in [5, 5.41) is 6.25. The van der Waals surface area contributed by atoms with Crippen LogP contribution in [0.15, 0.2) is 35.9 Å². The Morgan fingerprint density at radius 3 is 2.78 bits per heavy atom. The fourth-order valence-corrected chi connectivity index (χ4v) is 6.81. The molecule has 1 aliphatic carbocycles. The van der Waals surface area contributed by atoms with Crippen molar-refractivity contribution in [2.75, 3.05) is 20.3 Å². The van der Waals surface area contributed by atoms with Crippen molar-refractivity contribution in [3.8, 4) is 5.75 Å². The quantitative estimate of drug-likeness (QED) is 0.347. The molecular formula is C29H32F2N4O6. The van der Waals surface area contributed by atoms with Gasteiger partial charge < -0.3 is 30.0 Å². The summed E-state index contributed by atoms with van der Waals surface area (Å²) in [6, 6.07) is 3.89. The predicted octanol–water partition coefficient (Wildman–Crippen LogP) is 2.69. The molecule has 5 fully saturated rings. The van der Waals surface area contributed by atoms with E-state index in [4.69, 9.17) is 9.47 Å². The number of nitrogens with zero attached hydrogens (tertiary/aromatic N) is 1. The van der Waals surface area contributed by atoms with Gasteiger partial charge >= 0.3 is 5.97 Å². The first-order valence-corrected chi connectivity index (χ1v) is 14.0. The van der Waals surface area contributed by atoms with Crippen LogP contribution in [-0.4, -0.2) is 77.9 Å². The molecule has 41 heavy (non-hydrogen) atoms. The van der Waals surface area contributed by atoms with Crippen LogP contribution < -0.4 is 15.4 Å². The van der Waals surface area contributed by atoms with Crippen LogP contribution in [0.2, 0.25) is 0 Å². The lowest BCUT2D eigenvalue weighted by Gasteiger charge is -2.53. The summed E-state index contributed by atoms with van der Waals surface area (Å²) >= 11 is 0. The van der Waals surface area contributed by atoms with Gasteiger partial charge in [-0.3, -0.25) is 14.4 Å². The van der Waals surface area contributed by atoms with Crippen molar-refractivity contribution in [1.82, 2.24) is 20.5 Å². The zero-order chi connectivity index (χ0) is 28.9. The molecule has 1 aromatic carbocycles. The van der Waals surface area contributed by atoms with Crippen LogP contribution in [0.3, 0.4) is 0 Å². The van der Waals surface area contributed by atoms with Crippen molar-refractivity contribution in [1.29, 1.82) is 0 Å². The fraction of sp³-hybridized carbons (Fsp3) is 0.517. The van der Waals surface area contributed by atoms with Gasteiger partial charge in [-0.25, -0.2) is 13.6 Å². The molecule has 3 N–H and O–H groups in total. The van der Waals surface area contributed by atoms with Gasteiger partial charge in [0.1, 0.15) is 17.5 Å². The van der Waals surface area contributed by atoms with Gasteiger partial charge in [-0.15, -0.1) is 0 Å². The van der Waals surface area contributed by atoms with Gasteiger partial charge in [0.25, 0.3) is 11.8 Å². The highest BCUT2D eigenvalue weighted by Crippen LogP contribution is 2.49. The summed E-state index contributed by atoms with van der Waals surface area (Å²) in [6.07, 6.45) is 2.61. The van der Waals surface area contributed by atoms with E-state index < -0.39 is 60.1 Å². The lowest BCUT2D eigenvalue weighted by molar-refractivity contribution is -0.179. The number of alkyl halides is 2. The third-order valence-electron chi connectivity index (χ3n) is 8.81. The molecule has 12 heteroatoms. The number of hydrogen-bond donors (Lipinski definition) is 3. The second kappa shape index (κ2) is 10.5.